The van der Waals surface area contributed by atoms with Crippen LogP contribution in [0.4, 0.5) is 4.79 Å². The summed E-state index contributed by atoms with van der Waals surface area (Å²) in [5, 5.41) is 1.20. The lowest BCUT2D eigenvalue weighted by molar-refractivity contribution is 0.0543. The van der Waals surface area contributed by atoms with E-state index in [9.17, 15) is 4.79 Å². The lowest BCUT2D eigenvalue weighted by atomic mass is 10.1. The van der Waals surface area contributed by atoms with Crippen LogP contribution in [-0.2, 0) is 28.7 Å². The molecule has 0 aliphatic carbocycles. The molecule has 5 nitrogen and oxygen atoms in total. The maximum Gasteiger partial charge on any atom is 0.419 e. The number of rotatable bonds is 11. The molecule has 4 aromatic rings. The number of benzene rings is 3. The van der Waals surface area contributed by atoms with Gasteiger partial charge in [0, 0.05) is 25.0 Å². The molecule has 1 aromatic heterocycles. The maximum atomic E-state index is 13.7. The Balaban J connectivity index is 1.71. The second-order valence-corrected chi connectivity index (χ2v) is 18.9. The van der Waals surface area contributed by atoms with Gasteiger partial charge in [-0.15, -0.1) is 0 Å². The van der Waals surface area contributed by atoms with E-state index in [4.69, 9.17) is 9.16 Å². The van der Waals surface area contributed by atoms with E-state index in [1.165, 1.54) is 11.1 Å². The third-order valence-corrected chi connectivity index (χ3v) is 12.9. The minimum absolute atomic E-state index is 0.123. The molecule has 0 saturated carbocycles. The van der Waals surface area contributed by atoms with Crippen molar-refractivity contribution in [2.45, 2.75) is 84.8 Å². The standard InChI is InChI=1S/C38H50N2O3Si/c1-37(2,3)43-36(41)40-34-23-16-15-22-32(34)33(35(40)24-17-27-42-44(7,8)38(4,5)6)25-26-39(28-30-18-11-9-12-19-30)29-31-20-13-10-14-21-31/h9-24H,25-29H2,1-8H3/b24-17+. The van der Waals surface area contributed by atoms with Gasteiger partial charge in [-0.3, -0.25) is 4.90 Å². The van der Waals surface area contributed by atoms with E-state index in [-0.39, 0.29) is 11.1 Å². The molecule has 0 radical (unpaired) electrons. The lowest BCUT2D eigenvalue weighted by Gasteiger charge is -2.35. The molecule has 0 atom stereocenters. The summed E-state index contributed by atoms with van der Waals surface area (Å²) < 4.78 is 14.1. The van der Waals surface area contributed by atoms with Gasteiger partial charge < -0.3 is 9.16 Å². The summed E-state index contributed by atoms with van der Waals surface area (Å²) in [7, 11) is -1.92. The van der Waals surface area contributed by atoms with E-state index >= 15 is 0 Å². The molecule has 3 aromatic carbocycles. The predicted octanol–water partition coefficient (Wildman–Crippen LogP) is 9.70. The van der Waals surface area contributed by atoms with Crippen molar-refractivity contribution in [2.75, 3.05) is 13.2 Å². The van der Waals surface area contributed by atoms with E-state index in [1.807, 2.05) is 39.0 Å². The molecule has 0 spiro atoms. The Morgan fingerprint density at radius 3 is 1.91 bits per heavy atom. The number of aromatic nitrogens is 1. The number of fused-ring (bicyclic) bond motifs is 1. The summed E-state index contributed by atoms with van der Waals surface area (Å²) in [5.74, 6) is 0. The first-order chi connectivity index (χ1) is 20.7. The van der Waals surface area contributed by atoms with E-state index < -0.39 is 13.9 Å². The fraction of sp³-hybridized carbons (Fsp3) is 0.395. The quantitative estimate of drug-likeness (QED) is 0.159. The summed E-state index contributed by atoms with van der Waals surface area (Å²) in [4.78, 5) is 16.2. The van der Waals surface area contributed by atoms with Crippen molar-refractivity contribution in [1.29, 1.82) is 0 Å². The van der Waals surface area contributed by atoms with Crippen LogP contribution in [0.15, 0.2) is 91.0 Å². The Morgan fingerprint density at radius 2 is 1.36 bits per heavy atom. The van der Waals surface area contributed by atoms with E-state index in [1.54, 1.807) is 4.57 Å². The highest BCUT2D eigenvalue weighted by Gasteiger charge is 2.36. The van der Waals surface area contributed by atoms with Crippen molar-refractivity contribution in [3.8, 4) is 0 Å². The first kappa shape index (κ1) is 33.4. The Morgan fingerprint density at radius 1 is 0.818 bits per heavy atom. The van der Waals surface area contributed by atoms with Gasteiger partial charge in [-0.1, -0.05) is 106 Å². The van der Waals surface area contributed by atoms with Gasteiger partial charge in [0.2, 0.25) is 0 Å². The van der Waals surface area contributed by atoms with Crippen LogP contribution in [-0.4, -0.2) is 42.6 Å². The van der Waals surface area contributed by atoms with Crippen LogP contribution in [0.2, 0.25) is 18.1 Å². The van der Waals surface area contributed by atoms with Gasteiger partial charge >= 0.3 is 6.09 Å². The Hall–Kier alpha value is -3.45. The average molecular weight is 611 g/mol. The van der Waals surface area contributed by atoms with Crippen LogP contribution < -0.4 is 0 Å². The minimum Gasteiger partial charge on any atom is -0.443 e. The Kier molecular flexibility index (Phi) is 10.7. The number of para-hydroxylation sites is 1. The molecular weight excluding hydrogens is 561 g/mol. The Labute approximate surface area is 265 Å². The molecule has 0 unspecified atom stereocenters. The number of carbonyl (C=O) groups is 1. The highest BCUT2D eigenvalue weighted by atomic mass is 28.4. The number of ether oxygens (including phenoxy) is 1. The maximum absolute atomic E-state index is 13.7. The molecule has 234 valence electrons. The largest absolute Gasteiger partial charge is 0.443 e. The molecule has 0 aliphatic heterocycles. The summed E-state index contributed by atoms with van der Waals surface area (Å²) >= 11 is 0. The summed E-state index contributed by atoms with van der Waals surface area (Å²) in [6.45, 7) is 20.0. The van der Waals surface area contributed by atoms with Gasteiger partial charge in [-0.2, -0.15) is 0 Å². The van der Waals surface area contributed by atoms with Crippen LogP contribution in [0.25, 0.3) is 17.0 Å². The molecule has 0 saturated heterocycles. The van der Waals surface area contributed by atoms with Gasteiger partial charge in [-0.05, 0) is 74.2 Å². The topological polar surface area (TPSA) is 43.7 Å². The number of carbonyl (C=O) groups excluding carboxylic acids is 1. The third-order valence-electron chi connectivity index (χ3n) is 8.39. The monoisotopic (exact) mass is 610 g/mol. The van der Waals surface area contributed by atoms with Gasteiger partial charge in [0.05, 0.1) is 17.8 Å². The number of hydrogen-bond acceptors (Lipinski definition) is 4. The third kappa shape index (κ3) is 8.81. The molecule has 0 fully saturated rings. The van der Waals surface area contributed by atoms with Gasteiger partial charge in [-0.25, -0.2) is 9.36 Å². The van der Waals surface area contributed by atoms with Crippen molar-refractivity contribution in [2.24, 2.45) is 0 Å². The van der Waals surface area contributed by atoms with Gasteiger partial charge in [0.1, 0.15) is 5.60 Å². The van der Waals surface area contributed by atoms with Crippen LogP contribution in [0, 0.1) is 0 Å². The zero-order valence-corrected chi connectivity index (χ0v) is 28.9. The van der Waals surface area contributed by atoms with Crippen LogP contribution >= 0.6 is 0 Å². The average Bonchev–Trinajstić information content (AvgIpc) is 3.27. The lowest BCUT2D eigenvalue weighted by Crippen LogP contribution is -2.40. The van der Waals surface area contributed by atoms with Crippen molar-refractivity contribution >= 4 is 31.4 Å². The van der Waals surface area contributed by atoms with Crippen molar-refractivity contribution in [1.82, 2.24) is 9.47 Å². The second kappa shape index (κ2) is 14.1. The molecule has 0 aliphatic rings. The first-order valence-corrected chi connectivity index (χ1v) is 18.6. The Bertz CT molecular complexity index is 1500. The first-order valence-electron chi connectivity index (χ1n) is 15.7. The highest BCUT2D eigenvalue weighted by molar-refractivity contribution is 6.74. The van der Waals surface area contributed by atoms with Gasteiger partial charge in [0.25, 0.3) is 0 Å². The summed E-state index contributed by atoms with van der Waals surface area (Å²) in [6, 6.07) is 29.4. The normalized spacial score (nSPS) is 12.8. The van der Waals surface area contributed by atoms with E-state index in [0.717, 1.165) is 48.2 Å². The molecule has 6 heteroatoms. The molecule has 0 amide bonds. The number of nitrogens with zero attached hydrogens (tertiary/aromatic N) is 2. The molecule has 0 bridgehead atoms. The summed E-state index contributed by atoms with van der Waals surface area (Å²) in [6.07, 6.45) is 4.53. The second-order valence-electron chi connectivity index (χ2n) is 14.1. The number of hydrogen-bond donors (Lipinski definition) is 0. The molecule has 44 heavy (non-hydrogen) atoms. The van der Waals surface area contributed by atoms with Crippen LogP contribution in [0.5, 0.6) is 0 Å². The summed E-state index contributed by atoms with van der Waals surface area (Å²) in [5.41, 5.74) is 4.81. The van der Waals surface area contributed by atoms with E-state index in [2.05, 4.69) is 118 Å². The zero-order chi connectivity index (χ0) is 32.0. The predicted molar refractivity (Wildman–Crippen MR) is 186 cm³/mol. The fourth-order valence-electron chi connectivity index (χ4n) is 5.07. The van der Waals surface area contributed by atoms with Crippen molar-refractivity contribution in [3.63, 3.8) is 0 Å². The van der Waals surface area contributed by atoms with Crippen molar-refractivity contribution in [3.05, 3.63) is 113 Å². The molecule has 4 rings (SSSR count). The molecular formula is C38H50N2O3Si. The van der Waals surface area contributed by atoms with Crippen LogP contribution in [0.3, 0.4) is 0 Å². The van der Waals surface area contributed by atoms with Gasteiger partial charge in [0.15, 0.2) is 8.32 Å². The SMILES string of the molecule is CC(C)(C)OC(=O)n1c(/C=C/CO[Si](C)(C)C(C)(C)C)c(CCN(Cc2ccccc2)Cc2ccccc2)c2ccccc21. The van der Waals surface area contributed by atoms with E-state index in [0.29, 0.717) is 6.61 Å². The minimum atomic E-state index is -1.92. The van der Waals surface area contributed by atoms with Crippen molar-refractivity contribution < 1.29 is 14.0 Å². The smallest absolute Gasteiger partial charge is 0.419 e. The highest BCUT2D eigenvalue weighted by Crippen LogP contribution is 2.36. The molecule has 1 heterocycles. The fourth-order valence-corrected chi connectivity index (χ4v) is 6.01. The molecule has 0 N–H and O–H groups in total. The van der Waals surface area contributed by atoms with Crippen LogP contribution in [0.1, 0.15) is 63.9 Å². The zero-order valence-electron chi connectivity index (χ0n) is 27.9.